The quantitative estimate of drug-likeness (QED) is 0.165. The van der Waals surface area contributed by atoms with E-state index in [0.29, 0.717) is 30.4 Å². The molecule has 11 heteroatoms. The first-order valence-electron chi connectivity index (χ1n) is 12.8. The van der Waals surface area contributed by atoms with Crippen LogP contribution >= 0.6 is 0 Å². The molecule has 192 valence electrons. The van der Waals surface area contributed by atoms with Crippen LogP contribution in [0.5, 0.6) is 0 Å². The predicted molar refractivity (Wildman–Crippen MR) is 135 cm³/mol. The van der Waals surface area contributed by atoms with Crippen molar-refractivity contribution in [2.24, 2.45) is 0 Å². The van der Waals surface area contributed by atoms with Crippen LogP contribution in [0, 0.1) is 5.21 Å². The number of aromatic nitrogens is 6. The highest BCUT2D eigenvalue weighted by molar-refractivity contribution is 5.76. The van der Waals surface area contributed by atoms with Crippen molar-refractivity contribution in [3.8, 4) is 0 Å². The summed E-state index contributed by atoms with van der Waals surface area (Å²) in [5.74, 6) is 0. The summed E-state index contributed by atoms with van der Waals surface area (Å²) in [5.41, 5.74) is -3.45. The zero-order valence-electron chi connectivity index (χ0n) is 21.2. The number of aryl methyl sites for hydroxylation is 2. The van der Waals surface area contributed by atoms with E-state index in [-0.39, 0.29) is 48.5 Å². The van der Waals surface area contributed by atoms with Gasteiger partial charge in [0.2, 0.25) is 11.3 Å². The molecule has 0 atom stereocenters. The SMILES string of the molecule is CCCCn1c(=O)c2c(nc3c(c(=O)n(CCCC)c(=O)n3CCCC)[n+]2[18O-])n(CCCC)c1=O. The minimum absolute atomic E-state index is 0.0842. The van der Waals surface area contributed by atoms with E-state index in [0.717, 1.165) is 34.8 Å². The van der Waals surface area contributed by atoms with Crippen LogP contribution in [-0.2, 0) is 26.2 Å². The Labute approximate surface area is 202 Å². The fraction of sp³-hybridized carbons (Fsp3) is 0.667. The molecule has 11 nitrogen and oxygen atoms in total. The van der Waals surface area contributed by atoms with Gasteiger partial charge < -0.3 is 5.21 Å². The molecule has 3 aromatic heterocycles. The van der Waals surface area contributed by atoms with Crippen LogP contribution in [0.2, 0.25) is 0 Å². The van der Waals surface area contributed by atoms with Crippen molar-refractivity contribution in [3.05, 3.63) is 46.9 Å². The smallest absolute Gasteiger partial charge is 0.333 e. The zero-order chi connectivity index (χ0) is 25.7. The van der Waals surface area contributed by atoms with E-state index in [2.05, 4.69) is 4.98 Å². The highest BCUT2D eigenvalue weighted by Gasteiger charge is 2.28. The fourth-order valence-electron chi connectivity index (χ4n) is 4.21. The first kappa shape index (κ1) is 26.4. The van der Waals surface area contributed by atoms with Crippen molar-refractivity contribution >= 4 is 22.3 Å². The molecular weight excluding hydrogens is 454 g/mol. The van der Waals surface area contributed by atoms with Crippen molar-refractivity contribution in [2.45, 2.75) is 105 Å². The third-order valence-corrected chi connectivity index (χ3v) is 6.31. The predicted octanol–water partition coefficient (Wildman–Crippen LogP) is 1.87. The van der Waals surface area contributed by atoms with E-state index in [1.807, 2.05) is 27.7 Å². The van der Waals surface area contributed by atoms with Gasteiger partial charge in [-0.3, -0.25) is 27.9 Å². The molecule has 0 radical (unpaired) electrons. The first-order chi connectivity index (χ1) is 16.8. The van der Waals surface area contributed by atoms with Gasteiger partial charge in [-0.2, -0.15) is 4.98 Å². The molecule has 0 bridgehead atoms. The molecule has 3 heterocycles. The average Bonchev–Trinajstić information content (AvgIpc) is 2.83. The molecular formula is C24H36N6O5. The fourth-order valence-corrected chi connectivity index (χ4v) is 4.21. The summed E-state index contributed by atoms with van der Waals surface area (Å²) in [6.45, 7) is 8.71. The molecule has 0 aromatic carbocycles. The second-order valence-electron chi connectivity index (χ2n) is 8.95. The topological polar surface area (TPSA) is 128 Å². The van der Waals surface area contributed by atoms with E-state index < -0.39 is 22.5 Å². The van der Waals surface area contributed by atoms with Crippen LogP contribution in [0.1, 0.15) is 79.1 Å². The molecule has 3 rings (SSSR count). The van der Waals surface area contributed by atoms with Gasteiger partial charge in [-0.25, -0.2) is 9.59 Å². The van der Waals surface area contributed by atoms with Gasteiger partial charge in [-0.1, -0.05) is 53.4 Å². The Morgan fingerprint density at radius 1 is 0.600 bits per heavy atom. The standard InChI is InChI=1S/C24H36N6O5/c1-5-9-13-26-19-17(21(31)28(23(26)33)15-11-7-3)30(35)18-20(25-19)27(14-10-6-2)24(34)29(22(18)32)16-12-8-4/h5-16H2,1-4H3/i35+2. The molecule has 0 saturated carbocycles. The van der Waals surface area contributed by atoms with Crippen molar-refractivity contribution in [1.29, 1.82) is 0 Å². The van der Waals surface area contributed by atoms with Gasteiger partial charge >= 0.3 is 33.5 Å². The molecule has 0 saturated heterocycles. The van der Waals surface area contributed by atoms with Crippen LogP contribution in [0.15, 0.2) is 19.2 Å². The van der Waals surface area contributed by atoms with E-state index in [1.54, 1.807) is 0 Å². The Hall–Kier alpha value is -3.24. The maximum absolute atomic E-state index is 13.7. The number of rotatable bonds is 12. The maximum Gasteiger partial charge on any atom is 0.333 e. The van der Waals surface area contributed by atoms with E-state index in [4.69, 9.17) is 0 Å². The molecule has 0 aliphatic carbocycles. The lowest BCUT2D eigenvalue weighted by molar-refractivity contribution is -0.550. The summed E-state index contributed by atoms with van der Waals surface area (Å²) in [5, 5.41) is 13.7. The third kappa shape index (κ3) is 4.81. The molecule has 0 amide bonds. The molecule has 0 spiro atoms. The lowest BCUT2D eigenvalue weighted by Gasteiger charge is -2.16. The second kappa shape index (κ2) is 11.5. The lowest BCUT2D eigenvalue weighted by Crippen LogP contribution is -2.50. The highest BCUT2D eigenvalue weighted by Crippen LogP contribution is 2.10. The molecule has 35 heavy (non-hydrogen) atoms. The first-order valence-corrected chi connectivity index (χ1v) is 12.8. The minimum Gasteiger partial charge on any atom is -0.617 e. The van der Waals surface area contributed by atoms with Gasteiger partial charge in [0.05, 0.1) is 0 Å². The summed E-state index contributed by atoms with van der Waals surface area (Å²) < 4.78 is 5.09. The second-order valence-corrected chi connectivity index (χ2v) is 8.95. The van der Waals surface area contributed by atoms with Crippen LogP contribution in [0.25, 0.3) is 22.3 Å². The molecule has 0 aliphatic heterocycles. The van der Waals surface area contributed by atoms with Crippen molar-refractivity contribution < 1.29 is 4.73 Å². The van der Waals surface area contributed by atoms with Crippen LogP contribution < -0.4 is 27.2 Å². The summed E-state index contributed by atoms with van der Waals surface area (Å²) >= 11 is 0. The molecule has 0 N–H and O–H groups in total. The largest absolute Gasteiger partial charge is 0.617 e. The normalized spacial score (nSPS) is 11.7. The Bertz CT molecular complexity index is 1340. The van der Waals surface area contributed by atoms with Gasteiger partial charge in [0.25, 0.3) is 0 Å². The number of unbranched alkanes of at least 4 members (excludes halogenated alkanes) is 4. The van der Waals surface area contributed by atoms with Gasteiger partial charge in [0, 0.05) is 26.2 Å². The Kier molecular flexibility index (Phi) is 8.63. The van der Waals surface area contributed by atoms with E-state index >= 15 is 0 Å². The van der Waals surface area contributed by atoms with Crippen molar-refractivity contribution in [2.75, 3.05) is 0 Å². The molecule has 0 aliphatic rings. The molecule has 0 unspecified atom stereocenters. The van der Waals surface area contributed by atoms with Crippen LogP contribution in [0.4, 0.5) is 0 Å². The van der Waals surface area contributed by atoms with E-state index in [1.165, 1.54) is 9.13 Å². The summed E-state index contributed by atoms with van der Waals surface area (Å²) in [7, 11) is 0. The van der Waals surface area contributed by atoms with Gasteiger partial charge in [-0.15, -0.1) is 4.73 Å². The van der Waals surface area contributed by atoms with Crippen LogP contribution in [0.3, 0.4) is 0 Å². The van der Waals surface area contributed by atoms with Crippen molar-refractivity contribution in [1.82, 2.24) is 23.3 Å². The minimum atomic E-state index is -0.763. The Balaban J connectivity index is 2.55. The highest BCUT2D eigenvalue weighted by atomic mass is 18.2. The zero-order valence-corrected chi connectivity index (χ0v) is 21.2. The maximum atomic E-state index is 13.7. The number of hydrogen-bond donors (Lipinski definition) is 0. The lowest BCUT2D eigenvalue weighted by atomic mass is 10.3. The number of hydrogen-bond acceptors (Lipinski definition) is 6. The van der Waals surface area contributed by atoms with Gasteiger partial charge in [-0.05, 0) is 25.7 Å². The molecule has 0 fully saturated rings. The number of fused-ring (bicyclic) bond motifs is 2. The molecule has 3 aromatic rings. The number of nitrogens with zero attached hydrogens (tertiary/aromatic N) is 6. The van der Waals surface area contributed by atoms with E-state index in [9.17, 15) is 24.4 Å². The summed E-state index contributed by atoms with van der Waals surface area (Å²) in [4.78, 5) is 57.7. The van der Waals surface area contributed by atoms with Crippen LogP contribution in [-0.4, -0.2) is 23.3 Å². The summed E-state index contributed by atoms with van der Waals surface area (Å²) in [6, 6.07) is 0. The summed E-state index contributed by atoms with van der Waals surface area (Å²) in [6.07, 6.45) is 5.56. The van der Waals surface area contributed by atoms with Crippen molar-refractivity contribution in [3.63, 3.8) is 0 Å². The third-order valence-electron chi connectivity index (χ3n) is 6.31. The van der Waals surface area contributed by atoms with Gasteiger partial charge in [0.15, 0.2) is 0 Å². The Morgan fingerprint density at radius 2 is 0.914 bits per heavy atom. The monoisotopic (exact) mass is 490 g/mol. The average molecular weight is 491 g/mol. The Morgan fingerprint density at radius 3 is 1.23 bits per heavy atom. The van der Waals surface area contributed by atoms with Gasteiger partial charge in [0.1, 0.15) is 0 Å².